The van der Waals surface area contributed by atoms with Crippen molar-refractivity contribution < 1.29 is 14.3 Å². The molecule has 2 rings (SSSR count). The number of thioether (sulfide) groups is 1. The van der Waals surface area contributed by atoms with Crippen LogP contribution < -0.4 is 0 Å². The molecular formula is C14H17BrFNO2S. The average molecular weight is 362 g/mol. The third-order valence-corrected chi connectivity index (χ3v) is 5.18. The summed E-state index contributed by atoms with van der Waals surface area (Å²) in [5, 5.41) is 9.01. The van der Waals surface area contributed by atoms with Gasteiger partial charge in [-0.25, -0.2) is 4.39 Å². The Balaban J connectivity index is 2.20. The van der Waals surface area contributed by atoms with E-state index in [1.807, 2.05) is 13.0 Å². The number of rotatable bonds is 4. The van der Waals surface area contributed by atoms with Crippen LogP contribution in [0, 0.1) is 5.82 Å². The van der Waals surface area contributed by atoms with Crippen molar-refractivity contribution in [3.05, 3.63) is 34.1 Å². The van der Waals surface area contributed by atoms with Gasteiger partial charge in [-0.15, -0.1) is 0 Å². The molecule has 2 unspecified atom stereocenters. The number of carboxylic acids is 1. The second-order valence-electron chi connectivity index (χ2n) is 4.91. The lowest BCUT2D eigenvalue weighted by atomic mass is 10.0. The summed E-state index contributed by atoms with van der Waals surface area (Å²) in [5.74, 6) is 0.693. The van der Waals surface area contributed by atoms with Crippen LogP contribution >= 0.6 is 27.7 Å². The minimum Gasteiger partial charge on any atom is -0.481 e. The SMILES string of the molecule is CC(c1ccc(Br)cc1F)N1CCSCC1CC(=O)O. The van der Waals surface area contributed by atoms with E-state index in [0.717, 1.165) is 18.1 Å². The molecule has 3 nitrogen and oxygen atoms in total. The Kier molecular flexibility index (Phi) is 5.46. The summed E-state index contributed by atoms with van der Waals surface area (Å²) in [5.41, 5.74) is 0.621. The summed E-state index contributed by atoms with van der Waals surface area (Å²) >= 11 is 5.01. The topological polar surface area (TPSA) is 40.5 Å². The molecule has 0 aliphatic carbocycles. The quantitative estimate of drug-likeness (QED) is 0.890. The van der Waals surface area contributed by atoms with Crippen molar-refractivity contribution in [3.8, 4) is 0 Å². The van der Waals surface area contributed by atoms with Gasteiger partial charge >= 0.3 is 5.97 Å². The molecule has 6 heteroatoms. The zero-order valence-corrected chi connectivity index (χ0v) is 13.6. The average Bonchev–Trinajstić information content (AvgIpc) is 2.38. The number of carbonyl (C=O) groups is 1. The Hall–Kier alpha value is -0.590. The number of halogens is 2. The number of benzene rings is 1. The highest BCUT2D eigenvalue weighted by Crippen LogP contribution is 2.31. The van der Waals surface area contributed by atoms with E-state index in [1.54, 1.807) is 17.8 Å². The highest BCUT2D eigenvalue weighted by atomic mass is 79.9. The van der Waals surface area contributed by atoms with Gasteiger partial charge in [-0.1, -0.05) is 22.0 Å². The molecule has 20 heavy (non-hydrogen) atoms. The predicted octanol–water partition coefficient (Wildman–Crippen LogP) is 3.54. The van der Waals surface area contributed by atoms with Crippen LogP contribution in [0.5, 0.6) is 0 Å². The normalized spacial score (nSPS) is 21.6. The fourth-order valence-electron chi connectivity index (χ4n) is 2.57. The van der Waals surface area contributed by atoms with Crippen LogP contribution in [0.1, 0.15) is 24.9 Å². The Morgan fingerprint density at radius 1 is 1.65 bits per heavy atom. The largest absolute Gasteiger partial charge is 0.481 e. The van der Waals surface area contributed by atoms with Crippen molar-refractivity contribution in [1.82, 2.24) is 4.90 Å². The van der Waals surface area contributed by atoms with Gasteiger partial charge in [0, 0.05) is 40.2 Å². The maximum atomic E-state index is 14.1. The van der Waals surface area contributed by atoms with Crippen LogP contribution in [0.25, 0.3) is 0 Å². The van der Waals surface area contributed by atoms with Gasteiger partial charge in [0.15, 0.2) is 0 Å². The molecule has 1 aliphatic heterocycles. The van der Waals surface area contributed by atoms with Gasteiger partial charge in [0.05, 0.1) is 6.42 Å². The van der Waals surface area contributed by atoms with Crippen LogP contribution in [0.3, 0.4) is 0 Å². The number of hydrogen-bond acceptors (Lipinski definition) is 3. The number of hydrogen-bond donors (Lipinski definition) is 1. The zero-order valence-electron chi connectivity index (χ0n) is 11.2. The first-order chi connectivity index (χ1) is 9.49. The molecule has 110 valence electrons. The fourth-order valence-corrected chi connectivity index (χ4v) is 4.00. The lowest BCUT2D eigenvalue weighted by Gasteiger charge is -2.39. The minimum atomic E-state index is -0.800. The zero-order chi connectivity index (χ0) is 14.7. The van der Waals surface area contributed by atoms with Crippen molar-refractivity contribution in [2.24, 2.45) is 0 Å². The van der Waals surface area contributed by atoms with Crippen molar-refractivity contribution in [2.45, 2.75) is 25.4 Å². The maximum absolute atomic E-state index is 14.1. The van der Waals surface area contributed by atoms with E-state index in [4.69, 9.17) is 5.11 Å². The van der Waals surface area contributed by atoms with Gasteiger partial charge in [-0.3, -0.25) is 9.69 Å². The third kappa shape index (κ3) is 3.74. The summed E-state index contributed by atoms with van der Waals surface area (Å²) in [6.07, 6.45) is 0.107. The van der Waals surface area contributed by atoms with Crippen LogP contribution in [0.2, 0.25) is 0 Å². The maximum Gasteiger partial charge on any atom is 0.304 e. The first-order valence-corrected chi connectivity index (χ1v) is 8.44. The molecule has 1 heterocycles. The van der Waals surface area contributed by atoms with E-state index in [2.05, 4.69) is 20.8 Å². The molecule has 0 amide bonds. The van der Waals surface area contributed by atoms with Crippen LogP contribution in [-0.4, -0.2) is 40.1 Å². The Bertz CT molecular complexity index is 500. The summed E-state index contributed by atoms with van der Waals surface area (Å²) in [6, 6.07) is 4.89. The van der Waals surface area contributed by atoms with Gasteiger partial charge in [0.1, 0.15) is 5.82 Å². The minimum absolute atomic E-state index is 0.0377. The van der Waals surface area contributed by atoms with Crippen LogP contribution in [-0.2, 0) is 4.79 Å². The van der Waals surface area contributed by atoms with Gasteiger partial charge in [-0.2, -0.15) is 11.8 Å². The number of carboxylic acid groups (broad SMARTS) is 1. The van der Waals surface area contributed by atoms with Crippen LogP contribution in [0.15, 0.2) is 22.7 Å². The Morgan fingerprint density at radius 2 is 2.40 bits per heavy atom. The molecule has 1 saturated heterocycles. The molecule has 0 aromatic heterocycles. The van der Waals surface area contributed by atoms with Crippen molar-refractivity contribution in [3.63, 3.8) is 0 Å². The molecule has 0 radical (unpaired) electrons. The lowest BCUT2D eigenvalue weighted by Crippen LogP contribution is -2.45. The molecule has 1 N–H and O–H groups in total. The standard InChI is InChI=1S/C14H17BrFNO2S/c1-9(12-3-2-10(15)6-13(12)16)17-4-5-20-8-11(17)7-14(18)19/h2-3,6,9,11H,4-5,7-8H2,1H3,(H,18,19). The number of nitrogens with zero attached hydrogens (tertiary/aromatic N) is 1. The van der Waals surface area contributed by atoms with E-state index in [9.17, 15) is 9.18 Å². The summed E-state index contributed by atoms with van der Waals surface area (Å²) in [4.78, 5) is 13.1. The molecule has 1 aliphatic rings. The summed E-state index contributed by atoms with van der Waals surface area (Å²) in [7, 11) is 0. The molecular weight excluding hydrogens is 345 g/mol. The first-order valence-electron chi connectivity index (χ1n) is 6.49. The lowest BCUT2D eigenvalue weighted by molar-refractivity contribution is -0.138. The van der Waals surface area contributed by atoms with Crippen molar-refractivity contribution in [2.75, 3.05) is 18.1 Å². The molecule has 0 saturated carbocycles. The van der Waals surface area contributed by atoms with Crippen molar-refractivity contribution in [1.29, 1.82) is 0 Å². The molecule has 1 fully saturated rings. The number of aliphatic carboxylic acids is 1. The molecule has 2 atom stereocenters. The van der Waals surface area contributed by atoms with Crippen molar-refractivity contribution >= 4 is 33.7 Å². The Labute approximate surface area is 130 Å². The van der Waals surface area contributed by atoms with E-state index in [0.29, 0.717) is 10.0 Å². The Morgan fingerprint density at radius 3 is 3.05 bits per heavy atom. The highest BCUT2D eigenvalue weighted by molar-refractivity contribution is 9.10. The van der Waals surface area contributed by atoms with Gasteiger partial charge in [-0.05, 0) is 19.1 Å². The van der Waals surface area contributed by atoms with Gasteiger partial charge in [0.25, 0.3) is 0 Å². The molecule has 1 aromatic carbocycles. The van der Waals surface area contributed by atoms with Crippen LogP contribution in [0.4, 0.5) is 4.39 Å². The highest BCUT2D eigenvalue weighted by Gasteiger charge is 2.30. The van der Waals surface area contributed by atoms with Gasteiger partial charge < -0.3 is 5.11 Å². The van der Waals surface area contributed by atoms with Gasteiger partial charge in [0.2, 0.25) is 0 Å². The van der Waals surface area contributed by atoms with E-state index >= 15 is 0 Å². The molecule has 0 spiro atoms. The fraction of sp³-hybridized carbons (Fsp3) is 0.500. The second-order valence-corrected chi connectivity index (χ2v) is 6.97. The van der Waals surface area contributed by atoms with E-state index in [1.165, 1.54) is 6.07 Å². The molecule has 1 aromatic rings. The summed E-state index contributed by atoms with van der Waals surface area (Å²) < 4.78 is 14.8. The smallest absolute Gasteiger partial charge is 0.304 e. The predicted molar refractivity (Wildman–Crippen MR) is 82.6 cm³/mol. The van der Waals surface area contributed by atoms with E-state index < -0.39 is 5.97 Å². The first kappa shape index (κ1) is 15.8. The third-order valence-electron chi connectivity index (χ3n) is 3.59. The molecule has 0 bridgehead atoms. The van der Waals surface area contributed by atoms with E-state index in [-0.39, 0.29) is 24.3 Å². The summed E-state index contributed by atoms with van der Waals surface area (Å²) in [6.45, 7) is 2.73. The monoisotopic (exact) mass is 361 g/mol. The second kappa shape index (κ2) is 6.91.